The Kier molecular flexibility index (Phi) is 7.00. The molecule has 0 atom stereocenters. The largest absolute Gasteiger partial charge is 0.289 e. The summed E-state index contributed by atoms with van der Waals surface area (Å²) >= 11 is 0. The van der Waals surface area contributed by atoms with Gasteiger partial charge in [-0.1, -0.05) is 153 Å². The number of hydrogen-bond donors (Lipinski definition) is 0. The molecule has 0 aliphatic heterocycles. The number of aromatic nitrogens is 1. The van der Waals surface area contributed by atoms with Crippen molar-refractivity contribution in [2.24, 2.45) is 0 Å². The molecule has 1 aromatic heterocycles. The molecule has 0 radical (unpaired) electrons. The zero-order valence-electron chi connectivity index (χ0n) is 26.4. The van der Waals surface area contributed by atoms with Crippen molar-refractivity contribution in [1.29, 1.82) is 0 Å². The van der Waals surface area contributed by atoms with Crippen molar-refractivity contribution >= 4 is 5.78 Å². The van der Waals surface area contributed by atoms with Crippen LogP contribution in [-0.2, 0) is 5.41 Å². The molecule has 0 amide bonds. The van der Waals surface area contributed by atoms with Crippen LogP contribution in [0.15, 0.2) is 164 Å². The number of carbonyl (C=O) groups excluding carboxylic acids is 1. The number of rotatable bonds is 5. The molecule has 0 fully saturated rings. The van der Waals surface area contributed by atoms with E-state index in [1.165, 1.54) is 0 Å². The third-order valence-electron chi connectivity index (χ3n) is 9.49. The van der Waals surface area contributed by atoms with E-state index in [1.807, 2.05) is 36.4 Å². The first kappa shape index (κ1) is 28.6. The molecule has 2 nitrogen and oxygen atoms in total. The van der Waals surface area contributed by atoms with E-state index in [9.17, 15) is 4.79 Å². The van der Waals surface area contributed by atoms with E-state index in [2.05, 4.69) is 141 Å². The molecule has 0 saturated carbocycles. The van der Waals surface area contributed by atoms with Gasteiger partial charge in [0.25, 0.3) is 0 Å². The number of hydrogen-bond acceptors (Lipinski definition) is 2. The Morgan fingerprint density at radius 2 is 0.851 bits per heavy atom. The first-order valence-electron chi connectivity index (χ1n) is 16.1. The van der Waals surface area contributed by atoms with Gasteiger partial charge in [0.1, 0.15) is 0 Å². The summed E-state index contributed by atoms with van der Waals surface area (Å²) < 4.78 is 0. The van der Waals surface area contributed by atoms with Gasteiger partial charge in [-0.25, -0.2) is 4.98 Å². The van der Waals surface area contributed by atoms with Crippen LogP contribution in [0.1, 0.15) is 40.9 Å². The highest BCUT2D eigenvalue weighted by Crippen LogP contribution is 2.43. The lowest BCUT2D eigenvalue weighted by atomic mass is 9.68. The van der Waals surface area contributed by atoms with Crippen LogP contribution in [0.4, 0.5) is 0 Å². The maximum atomic E-state index is 13.4. The second-order valence-electron chi connectivity index (χ2n) is 12.8. The topological polar surface area (TPSA) is 30.0 Å². The van der Waals surface area contributed by atoms with Crippen LogP contribution in [-0.4, -0.2) is 10.8 Å². The fourth-order valence-corrected chi connectivity index (χ4v) is 6.90. The van der Waals surface area contributed by atoms with Crippen LogP contribution in [0, 0.1) is 0 Å². The highest BCUT2D eigenvalue weighted by molar-refractivity contribution is 6.13. The van der Waals surface area contributed by atoms with Gasteiger partial charge in [-0.05, 0) is 68.8 Å². The van der Waals surface area contributed by atoms with Gasteiger partial charge in [0.2, 0.25) is 0 Å². The van der Waals surface area contributed by atoms with Gasteiger partial charge in [-0.15, -0.1) is 0 Å². The maximum Gasteiger partial charge on any atom is 0.193 e. The molecule has 0 bridgehead atoms. The zero-order valence-corrected chi connectivity index (χ0v) is 26.4. The molecular formula is C45H33NO. The monoisotopic (exact) mass is 603 g/mol. The first-order valence-corrected chi connectivity index (χ1v) is 16.1. The lowest BCUT2D eigenvalue weighted by Gasteiger charge is -2.34. The van der Waals surface area contributed by atoms with Gasteiger partial charge >= 0.3 is 0 Å². The van der Waals surface area contributed by atoms with Crippen molar-refractivity contribution in [3.63, 3.8) is 0 Å². The molecule has 1 aliphatic rings. The van der Waals surface area contributed by atoms with Crippen molar-refractivity contribution in [3.8, 4) is 55.9 Å². The summed E-state index contributed by atoms with van der Waals surface area (Å²) in [5.74, 6) is 0.108. The smallest absolute Gasteiger partial charge is 0.193 e. The van der Waals surface area contributed by atoms with Gasteiger partial charge < -0.3 is 0 Å². The van der Waals surface area contributed by atoms with Gasteiger partial charge in [-0.2, -0.15) is 0 Å². The van der Waals surface area contributed by atoms with Crippen LogP contribution in [0.5, 0.6) is 0 Å². The van der Waals surface area contributed by atoms with Gasteiger partial charge in [0, 0.05) is 27.7 Å². The molecule has 7 aromatic rings. The van der Waals surface area contributed by atoms with Crippen molar-refractivity contribution in [3.05, 3.63) is 186 Å². The summed E-state index contributed by atoms with van der Waals surface area (Å²) in [7, 11) is 0. The van der Waals surface area contributed by atoms with Gasteiger partial charge in [0.15, 0.2) is 5.78 Å². The summed E-state index contributed by atoms with van der Waals surface area (Å²) in [6, 6.07) is 56.9. The Morgan fingerprint density at radius 1 is 0.383 bits per heavy atom. The third kappa shape index (κ3) is 5.18. The lowest BCUT2D eigenvalue weighted by Crippen LogP contribution is -2.30. The fourth-order valence-electron chi connectivity index (χ4n) is 6.90. The van der Waals surface area contributed by atoms with E-state index < -0.39 is 0 Å². The van der Waals surface area contributed by atoms with Crippen LogP contribution in [0.2, 0.25) is 0 Å². The number of pyridine rings is 1. The van der Waals surface area contributed by atoms with E-state index in [1.54, 1.807) is 0 Å². The minimum Gasteiger partial charge on any atom is -0.289 e. The number of ketones is 1. The summed E-state index contributed by atoms with van der Waals surface area (Å²) in [5.41, 5.74) is 14.4. The number of fused-ring (bicyclic) bond motifs is 2. The summed E-state index contributed by atoms with van der Waals surface area (Å²) in [5, 5.41) is 0. The molecular weight excluding hydrogens is 571 g/mol. The summed E-state index contributed by atoms with van der Waals surface area (Å²) in [6.45, 7) is 4.43. The molecule has 0 unspecified atom stereocenters. The summed E-state index contributed by atoms with van der Waals surface area (Å²) in [6.07, 6.45) is 0. The van der Waals surface area contributed by atoms with Crippen molar-refractivity contribution in [1.82, 2.24) is 4.98 Å². The molecule has 2 heteroatoms. The molecule has 6 aromatic carbocycles. The zero-order chi connectivity index (χ0) is 32.0. The minimum atomic E-state index is -0.267. The predicted molar refractivity (Wildman–Crippen MR) is 193 cm³/mol. The third-order valence-corrected chi connectivity index (χ3v) is 9.49. The molecule has 1 heterocycles. The summed E-state index contributed by atoms with van der Waals surface area (Å²) in [4.78, 5) is 18.4. The Labute approximate surface area is 276 Å². The minimum absolute atomic E-state index is 0.108. The Hall–Kier alpha value is -5.86. The molecule has 0 N–H and O–H groups in total. The second-order valence-corrected chi connectivity index (χ2v) is 12.8. The van der Waals surface area contributed by atoms with Crippen LogP contribution in [0.25, 0.3) is 55.9 Å². The van der Waals surface area contributed by atoms with Crippen LogP contribution < -0.4 is 0 Å². The van der Waals surface area contributed by atoms with E-state index in [4.69, 9.17) is 4.98 Å². The predicted octanol–water partition coefficient (Wildman–Crippen LogP) is 11.3. The van der Waals surface area contributed by atoms with E-state index >= 15 is 0 Å². The second kappa shape index (κ2) is 11.5. The lowest BCUT2D eigenvalue weighted by molar-refractivity contribution is 0.103. The quantitative estimate of drug-likeness (QED) is 0.196. The SMILES string of the molecule is CC1(C)c2ccccc2C(=O)c2ccc(-c3cccc(-c4ccc(-c5cc(-c6ccccc6)nc(-c6ccccc6)c5)cc4)c3)cc21. The molecule has 0 saturated heterocycles. The Bertz CT molecular complexity index is 2210. The molecule has 224 valence electrons. The molecule has 47 heavy (non-hydrogen) atoms. The maximum absolute atomic E-state index is 13.4. The number of nitrogens with zero attached hydrogens (tertiary/aromatic N) is 1. The highest BCUT2D eigenvalue weighted by Gasteiger charge is 2.36. The Morgan fingerprint density at radius 3 is 1.49 bits per heavy atom. The van der Waals surface area contributed by atoms with Crippen LogP contribution >= 0.6 is 0 Å². The van der Waals surface area contributed by atoms with Crippen molar-refractivity contribution in [2.75, 3.05) is 0 Å². The average molecular weight is 604 g/mol. The molecule has 0 spiro atoms. The van der Waals surface area contributed by atoms with Gasteiger partial charge in [0.05, 0.1) is 11.4 Å². The highest BCUT2D eigenvalue weighted by atomic mass is 16.1. The number of carbonyl (C=O) groups is 1. The van der Waals surface area contributed by atoms with E-state index in [0.717, 1.165) is 78.1 Å². The first-order chi connectivity index (χ1) is 23.0. The Balaban J connectivity index is 1.13. The normalized spacial score (nSPS) is 13.1. The van der Waals surface area contributed by atoms with Crippen molar-refractivity contribution < 1.29 is 4.79 Å². The molecule has 8 rings (SSSR count). The van der Waals surface area contributed by atoms with Crippen molar-refractivity contribution in [2.45, 2.75) is 19.3 Å². The molecule has 1 aliphatic carbocycles. The average Bonchev–Trinajstić information content (AvgIpc) is 3.14. The fraction of sp³-hybridized carbons (Fsp3) is 0.0667. The number of benzene rings is 6. The standard InChI is InChI=1S/C45H33NO/c1-45(2)40-19-10-9-18-38(40)44(47)39-25-24-36(27-41(39)45)35-17-11-16-34(26-35)30-20-22-31(23-21-30)37-28-42(32-12-5-3-6-13-32)46-43(29-37)33-14-7-4-8-15-33/h3-29H,1-2H3. The van der Waals surface area contributed by atoms with E-state index in [0.29, 0.717) is 0 Å². The van der Waals surface area contributed by atoms with Gasteiger partial charge in [-0.3, -0.25) is 4.79 Å². The van der Waals surface area contributed by atoms with E-state index in [-0.39, 0.29) is 11.2 Å². The van der Waals surface area contributed by atoms with Crippen LogP contribution in [0.3, 0.4) is 0 Å².